The molecule has 13 heteroatoms. The van der Waals surface area contributed by atoms with Crippen molar-refractivity contribution in [2.75, 3.05) is 45.3 Å². The average Bonchev–Trinajstić information content (AvgIpc) is 3.33. The highest BCUT2D eigenvalue weighted by Gasteiger charge is 2.32. The first-order valence-corrected chi connectivity index (χ1v) is 12.7. The first kappa shape index (κ1) is 25.1. The van der Waals surface area contributed by atoms with Gasteiger partial charge in [0, 0.05) is 37.1 Å². The van der Waals surface area contributed by atoms with Gasteiger partial charge in [-0.05, 0) is 42.5 Å². The Labute approximate surface area is 204 Å². The molecular weight excluding hydrogens is 507 g/mol. The third-order valence-corrected chi connectivity index (χ3v) is 8.19. The van der Waals surface area contributed by atoms with E-state index in [-0.39, 0.29) is 18.0 Å². The van der Waals surface area contributed by atoms with Crippen LogP contribution in [0.2, 0.25) is 0 Å². The lowest BCUT2D eigenvalue weighted by Crippen LogP contribution is -2.48. The normalized spacial score (nSPS) is 15.2. The molecule has 3 aromatic rings. The number of rotatable bonds is 7. The second-order valence-electron chi connectivity index (χ2n) is 7.50. The number of ether oxygens (including phenoxy) is 3. The molecule has 2 aromatic carbocycles. The fourth-order valence-corrected chi connectivity index (χ4v) is 5.93. The molecule has 0 aliphatic carbocycles. The van der Waals surface area contributed by atoms with Gasteiger partial charge in [0.1, 0.15) is 5.75 Å². The Morgan fingerprint density at radius 1 is 0.943 bits per heavy atom. The summed E-state index contributed by atoms with van der Waals surface area (Å²) >= 11 is 1.45. The minimum absolute atomic E-state index is 0.0922. The zero-order chi connectivity index (χ0) is 25.2. The molecule has 2 heterocycles. The molecule has 1 aliphatic rings. The van der Waals surface area contributed by atoms with Gasteiger partial charge in [-0.25, -0.2) is 13.4 Å². The monoisotopic (exact) mass is 529 g/mol. The molecule has 0 bridgehead atoms. The number of hydrogen-bond donors (Lipinski definition) is 0. The fraction of sp³-hybridized carbons (Fsp3) is 0.318. The number of sulfonamides is 1. The van der Waals surface area contributed by atoms with Gasteiger partial charge in [-0.1, -0.05) is 0 Å². The first-order valence-electron chi connectivity index (χ1n) is 10.4. The molecule has 1 aliphatic heterocycles. The number of hydrogen-bond acceptors (Lipinski definition) is 8. The molecule has 35 heavy (non-hydrogen) atoms. The first-order chi connectivity index (χ1) is 16.6. The van der Waals surface area contributed by atoms with Gasteiger partial charge in [-0.2, -0.15) is 4.31 Å². The summed E-state index contributed by atoms with van der Waals surface area (Å²) in [5.41, 5.74) is 1.63. The maximum absolute atomic E-state index is 12.9. The van der Waals surface area contributed by atoms with Gasteiger partial charge in [-0.3, -0.25) is 0 Å². The van der Waals surface area contributed by atoms with Crippen molar-refractivity contribution in [2.45, 2.75) is 11.3 Å². The lowest BCUT2D eigenvalue weighted by atomic mass is 10.1. The molecular formula is C22H22F3N3O5S2. The van der Waals surface area contributed by atoms with Crippen LogP contribution in [0.3, 0.4) is 0 Å². The van der Waals surface area contributed by atoms with E-state index in [4.69, 9.17) is 14.5 Å². The van der Waals surface area contributed by atoms with Gasteiger partial charge in [0.2, 0.25) is 10.0 Å². The number of halogens is 3. The van der Waals surface area contributed by atoms with E-state index >= 15 is 0 Å². The summed E-state index contributed by atoms with van der Waals surface area (Å²) in [6.45, 7) is 1.28. The van der Waals surface area contributed by atoms with Gasteiger partial charge in [0.25, 0.3) is 0 Å². The molecule has 0 atom stereocenters. The van der Waals surface area contributed by atoms with Crippen LogP contribution in [0.5, 0.6) is 17.2 Å². The van der Waals surface area contributed by atoms with E-state index in [2.05, 4.69) is 4.74 Å². The predicted molar refractivity (Wildman–Crippen MR) is 125 cm³/mol. The Bertz CT molecular complexity index is 1270. The summed E-state index contributed by atoms with van der Waals surface area (Å²) in [6, 6.07) is 9.73. The number of benzene rings is 2. The summed E-state index contributed by atoms with van der Waals surface area (Å²) in [5.74, 6) is 0.734. The van der Waals surface area contributed by atoms with Crippen molar-refractivity contribution >= 4 is 26.5 Å². The van der Waals surface area contributed by atoms with E-state index in [1.165, 1.54) is 15.6 Å². The van der Waals surface area contributed by atoms with Crippen LogP contribution in [0.15, 0.2) is 52.7 Å². The number of thiazole rings is 1. The van der Waals surface area contributed by atoms with Crippen molar-refractivity contribution in [1.29, 1.82) is 0 Å². The molecule has 0 amide bonds. The second kappa shape index (κ2) is 9.91. The van der Waals surface area contributed by atoms with E-state index in [1.807, 2.05) is 22.4 Å². The van der Waals surface area contributed by atoms with Crippen LogP contribution in [-0.4, -0.2) is 64.5 Å². The van der Waals surface area contributed by atoms with E-state index in [1.54, 1.807) is 20.3 Å². The molecule has 8 nitrogen and oxygen atoms in total. The average molecular weight is 530 g/mol. The maximum atomic E-state index is 12.9. The van der Waals surface area contributed by atoms with Crippen LogP contribution >= 0.6 is 11.3 Å². The van der Waals surface area contributed by atoms with Crippen LogP contribution in [0.1, 0.15) is 0 Å². The summed E-state index contributed by atoms with van der Waals surface area (Å²) in [5, 5.41) is 2.69. The lowest BCUT2D eigenvalue weighted by Gasteiger charge is -2.33. The minimum atomic E-state index is -4.84. The zero-order valence-electron chi connectivity index (χ0n) is 18.8. The number of alkyl halides is 3. The summed E-state index contributed by atoms with van der Waals surface area (Å²) in [4.78, 5) is 6.60. The lowest BCUT2D eigenvalue weighted by molar-refractivity contribution is -0.274. The van der Waals surface area contributed by atoms with Gasteiger partial charge in [-0.15, -0.1) is 24.5 Å². The van der Waals surface area contributed by atoms with Gasteiger partial charge in [0.15, 0.2) is 16.6 Å². The fourth-order valence-electron chi connectivity index (χ4n) is 3.62. The molecule has 188 valence electrons. The van der Waals surface area contributed by atoms with Crippen molar-refractivity contribution in [3.05, 3.63) is 47.8 Å². The summed E-state index contributed by atoms with van der Waals surface area (Å²) in [6.07, 6.45) is -4.84. The van der Waals surface area contributed by atoms with Gasteiger partial charge >= 0.3 is 6.36 Å². The van der Waals surface area contributed by atoms with Gasteiger partial charge < -0.3 is 19.1 Å². The molecule has 1 saturated heterocycles. The molecule has 0 N–H and O–H groups in total. The Hall–Kier alpha value is -3.03. The highest BCUT2D eigenvalue weighted by Crippen LogP contribution is 2.34. The number of piperazine rings is 1. The highest BCUT2D eigenvalue weighted by atomic mass is 32.2. The summed E-state index contributed by atoms with van der Waals surface area (Å²) < 4.78 is 78.6. The minimum Gasteiger partial charge on any atom is -0.493 e. The second-order valence-corrected chi connectivity index (χ2v) is 10.3. The molecule has 0 saturated carbocycles. The van der Waals surface area contributed by atoms with Crippen molar-refractivity contribution in [1.82, 2.24) is 9.29 Å². The SMILES string of the molecule is COc1ccc(-c2csc(N3CCN(S(=O)(=O)c4ccc(OC(F)(F)F)cc4)CC3)n2)cc1OC. The molecule has 4 rings (SSSR count). The Morgan fingerprint density at radius 3 is 2.20 bits per heavy atom. The van der Waals surface area contributed by atoms with Gasteiger partial charge in [0.05, 0.1) is 24.8 Å². The van der Waals surface area contributed by atoms with Crippen LogP contribution in [0, 0.1) is 0 Å². The van der Waals surface area contributed by atoms with E-state index in [0.29, 0.717) is 24.6 Å². The number of aromatic nitrogens is 1. The standard InChI is InChI=1S/C22H22F3N3O5S2/c1-31-19-8-3-15(13-20(19)32-2)18-14-34-21(26-18)27-9-11-28(12-10-27)35(29,30)17-6-4-16(5-7-17)33-22(23,24)25/h3-8,13-14H,9-12H2,1-2H3. The predicted octanol–water partition coefficient (Wildman–Crippen LogP) is 4.24. The van der Waals surface area contributed by atoms with E-state index < -0.39 is 22.1 Å². The molecule has 1 fully saturated rings. The number of nitrogens with zero attached hydrogens (tertiary/aromatic N) is 3. The Morgan fingerprint density at radius 2 is 1.60 bits per heavy atom. The maximum Gasteiger partial charge on any atom is 0.573 e. The van der Waals surface area contributed by atoms with Crippen LogP contribution in [-0.2, 0) is 10.0 Å². The number of methoxy groups -OCH3 is 2. The summed E-state index contributed by atoms with van der Waals surface area (Å²) in [7, 11) is -0.726. The molecule has 0 radical (unpaired) electrons. The van der Waals surface area contributed by atoms with Crippen molar-refractivity contribution in [2.24, 2.45) is 0 Å². The van der Waals surface area contributed by atoms with Crippen molar-refractivity contribution in [3.8, 4) is 28.5 Å². The smallest absolute Gasteiger partial charge is 0.493 e. The molecule has 1 aromatic heterocycles. The molecule has 0 spiro atoms. The highest BCUT2D eigenvalue weighted by molar-refractivity contribution is 7.89. The Balaban J connectivity index is 1.41. The zero-order valence-corrected chi connectivity index (χ0v) is 20.4. The van der Waals surface area contributed by atoms with Crippen LogP contribution < -0.4 is 19.1 Å². The Kier molecular flexibility index (Phi) is 7.10. The quantitative estimate of drug-likeness (QED) is 0.453. The van der Waals surface area contributed by atoms with E-state index in [9.17, 15) is 21.6 Å². The van der Waals surface area contributed by atoms with Crippen LogP contribution in [0.4, 0.5) is 18.3 Å². The van der Waals surface area contributed by atoms with Crippen LogP contribution in [0.25, 0.3) is 11.3 Å². The number of anilines is 1. The molecule has 0 unspecified atom stereocenters. The third kappa shape index (κ3) is 5.63. The third-order valence-electron chi connectivity index (χ3n) is 5.38. The largest absolute Gasteiger partial charge is 0.573 e. The van der Waals surface area contributed by atoms with Crippen molar-refractivity contribution < 1.29 is 35.8 Å². The van der Waals surface area contributed by atoms with Crippen molar-refractivity contribution in [3.63, 3.8) is 0 Å². The topological polar surface area (TPSA) is 81.2 Å². The van der Waals surface area contributed by atoms with E-state index in [0.717, 1.165) is 40.7 Å².